The molecule has 3 rings (SSSR count). The van der Waals surface area contributed by atoms with Gasteiger partial charge in [-0.15, -0.1) is 9.79 Å². The molecule has 116 valence electrons. The first-order chi connectivity index (χ1) is 11.2. The minimum Gasteiger partial charge on any atom is -0.311 e. The van der Waals surface area contributed by atoms with E-state index in [0.717, 1.165) is 0 Å². The number of rotatable bonds is 3. The summed E-state index contributed by atoms with van der Waals surface area (Å²) in [5.41, 5.74) is 3.50. The first-order valence-electron chi connectivity index (χ1n) is 6.99. The highest BCUT2D eigenvalue weighted by Crippen LogP contribution is 2.33. The summed E-state index contributed by atoms with van der Waals surface area (Å²) in [5, 5.41) is 0. The lowest BCUT2D eigenvalue weighted by atomic mass is 10.2. The number of hydrogen-bond donors (Lipinski definition) is 2. The number of para-hydroxylation sites is 3. The molecule has 0 bridgehead atoms. The highest BCUT2D eigenvalue weighted by Gasteiger charge is 2.10. The van der Waals surface area contributed by atoms with E-state index in [2.05, 4.69) is 77.7 Å². The molecule has 0 aliphatic heterocycles. The average molecular weight is 326 g/mol. The van der Waals surface area contributed by atoms with Gasteiger partial charge >= 0.3 is 8.25 Å². The van der Waals surface area contributed by atoms with E-state index in [1.165, 1.54) is 17.1 Å². The SMILES string of the molecule is O=[P+](O)O.c1ccc(N(c2ccccc2)c2ccccc2)cc1. The molecule has 0 unspecified atom stereocenters. The Bertz CT molecular complexity index is 623. The Hall–Kier alpha value is -2.52. The van der Waals surface area contributed by atoms with Gasteiger partial charge in [0.2, 0.25) is 0 Å². The highest BCUT2D eigenvalue weighted by atomic mass is 31.1. The molecule has 0 fully saturated rings. The first kappa shape index (κ1) is 16.8. The Morgan fingerprint density at radius 1 is 0.565 bits per heavy atom. The van der Waals surface area contributed by atoms with E-state index in [4.69, 9.17) is 14.4 Å². The highest BCUT2D eigenvalue weighted by molar-refractivity contribution is 7.30. The molecule has 0 aliphatic rings. The van der Waals surface area contributed by atoms with Crippen molar-refractivity contribution in [1.82, 2.24) is 0 Å². The van der Waals surface area contributed by atoms with E-state index < -0.39 is 8.25 Å². The molecule has 0 spiro atoms. The molecule has 5 heteroatoms. The van der Waals surface area contributed by atoms with Crippen molar-refractivity contribution in [1.29, 1.82) is 0 Å². The van der Waals surface area contributed by atoms with E-state index >= 15 is 0 Å². The largest absolute Gasteiger partial charge is 0.692 e. The molecular weight excluding hydrogens is 309 g/mol. The van der Waals surface area contributed by atoms with E-state index in [1.807, 2.05) is 18.2 Å². The maximum atomic E-state index is 8.70. The quantitative estimate of drug-likeness (QED) is 0.680. The number of anilines is 3. The average Bonchev–Trinajstić information content (AvgIpc) is 2.58. The van der Waals surface area contributed by atoms with Crippen molar-refractivity contribution in [3.8, 4) is 0 Å². The summed E-state index contributed by atoms with van der Waals surface area (Å²) < 4.78 is 8.70. The second kappa shape index (κ2) is 8.81. The standard InChI is InChI=1S/C18H15N.HO3P/c1-4-10-16(11-5-1)19(17-12-6-2-7-13-17)18-14-8-3-9-15-18;1-4(2)3/h1-15H;(H-,1,2,3)/p+1. The van der Waals surface area contributed by atoms with Crippen LogP contribution in [0.15, 0.2) is 91.0 Å². The zero-order valence-corrected chi connectivity index (χ0v) is 13.3. The van der Waals surface area contributed by atoms with Gasteiger partial charge in [-0.3, -0.25) is 0 Å². The Kier molecular flexibility index (Phi) is 6.45. The van der Waals surface area contributed by atoms with Gasteiger partial charge < -0.3 is 4.90 Å². The zero-order chi connectivity index (χ0) is 16.5. The van der Waals surface area contributed by atoms with E-state index in [-0.39, 0.29) is 0 Å². The van der Waals surface area contributed by atoms with Gasteiger partial charge in [0.1, 0.15) is 0 Å². The second-order valence-electron chi connectivity index (χ2n) is 4.59. The number of hydrogen-bond acceptors (Lipinski definition) is 2. The number of nitrogens with zero attached hydrogens (tertiary/aromatic N) is 1. The van der Waals surface area contributed by atoms with Crippen LogP contribution in [-0.2, 0) is 4.57 Å². The summed E-state index contributed by atoms with van der Waals surface area (Å²) >= 11 is 0. The van der Waals surface area contributed by atoms with Crippen LogP contribution in [0.1, 0.15) is 0 Å². The molecule has 0 radical (unpaired) electrons. The van der Waals surface area contributed by atoms with Crippen molar-refractivity contribution < 1.29 is 14.4 Å². The van der Waals surface area contributed by atoms with Gasteiger partial charge in [-0.2, -0.15) is 0 Å². The van der Waals surface area contributed by atoms with Crippen molar-refractivity contribution in [2.24, 2.45) is 0 Å². The molecule has 0 aliphatic carbocycles. The van der Waals surface area contributed by atoms with Crippen LogP contribution < -0.4 is 4.90 Å². The molecule has 0 atom stereocenters. The lowest BCUT2D eigenvalue weighted by molar-refractivity contribution is 0.405. The predicted octanol–water partition coefficient (Wildman–Crippen LogP) is 4.78. The maximum Gasteiger partial charge on any atom is 0.692 e. The van der Waals surface area contributed by atoms with Crippen molar-refractivity contribution in [3.63, 3.8) is 0 Å². The molecule has 0 saturated heterocycles. The topological polar surface area (TPSA) is 60.8 Å². The summed E-state index contributed by atoms with van der Waals surface area (Å²) in [6.07, 6.45) is 0. The van der Waals surface area contributed by atoms with Gasteiger partial charge in [0, 0.05) is 21.6 Å². The summed E-state index contributed by atoms with van der Waals surface area (Å²) in [7, 11) is -2.87. The minimum atomic E-state index is -2.87. The summed E-state index contributed by atoms with van der Waals surface area (Å²) in [5.74, 6) is 0. The molecular formula is C18H17NO3P+. The monoisotopic (exact) mass is 326 g/mol. The molecule has 2 N–H and O–H groups in total. The van der Waals surface area contributed by atoms with E-state index in [1.54, 1.807) is 0 Å². The Morgan fingerprint density at radius 3 is 1.00 bits per heavy atom. The summed E-state index contributed by atoms with van der Waals surface area (Å²) in [6.45, 7) is 0. The Labute approximate surface area is 136 Å². The van der Waals surface area contributed by atoms with E-state index in [9.17, 15) is 0 Å². The molecule has 0 amide bonds. The normalized spacial score (nSPS) is 9.48. The van der Waals surface area contributed by atoms with Gasteiger partial charge in [-0.05, 0) is 36.4 Å². The van der Waals surface area contributed by atoms with Gasteiger partial charge in [-0.1, -0.05) is 54.6 Å². The molecule has 3 aromatic carbocycles. The first-order valence-corrected chi connectivity index (χ1v) is 8.15. The van der Waals surface area contributed by atoms with Crippen molar-refractivity contribution in [2.45, 2.75) is 0 Å². The van der Waals surface area contributed by atoms with Crippen LogP contribution in [-0.4, -0.2) is 9.79 Å². The summed E-state index contributed by atoms with van der Waals surface area (Å²) in [4.78, 5) is 16.5. The Balaban J connectivity index is 0.000000433. The van der Waals surface area contributed by atoms with Crippen LogP contribution in [0.25, 0.3) is 0 Å². The van der Waals surface area contributed by atoms with Crippen molar-refractivity contribution in [3.05, 3.63) is 91.0 Å². The van der Waals surface area contributed by atoms with Crippen LogP contribution in [0.3, 0.4) is 0 Å². The molecule has 0 saturated carbocycles. The van der Waals surface area contributed by atoms with Gasteiger partial charge in [-0.25, -0.2) is 0 Å². The van der Waals surface area contributed by atoms with Crippen molar-refractivity contribution >= 4 is 25.3 Å². The van der Waals surface area contributed by atoms with Crippen LogP contribution in [0, 0.1) is 0 Å². The smallest absolute Gasteiger partial charge is 0.311 e. The molecule has 3 aromatic rings. The fourth-order valence-corrected chi connectivity index (χ4v) is 2.18. The van der Waals surface area contributed by atoms with Crippen LogP contribution >= 0.6 is 8.25 Å². The zero-order valence-electron chi connectivity index (χ0n) is 12.4. The van der Waals surface area contributed by atoms with Crippen LogP contribution in [0.2, 0.25) is 0 Å². The Morgan fingerprint density at radius 2 is 0.783 bits per heavy atom. The second-order valence-corrected chi connectivity index (χ2v) is 5.10. The lowest BCUT2D eigenvalue weighted by Crippen LogP contribution is -2.09. The van der Waals surface area contributed by atoms with Gasteiger partial charge in [0.15, 0.2) is 0 Å². The van der Waals surface area contributed by atoms with Crippen LogP contribution in [0.4, 0.5) is 17.1 Å². The third kappa shape index (κ3) is 5.31. The molecule has 23 heavy (non-hydrogen) atoms. The third-order valence-electron chi connectivity index (χ3n) is 3.04. The third-order valence-corrected chi connectivity index (χ3v) is 3.04. The van der Waals surface area contributed by atoms with Gasteiger partial charge in [0.05, 0.1) is 0 Å². The van der Waals surface area contributed by atoms with Crippen molar-refractivity contribution in [2.75, 3.05) is 4.90 Å². The molecule has 0 heterocycles. The van der Waals surface area contributed by atoms with Crippen LogP contribution in [0.5, 0.6) is 0 Å². The number of benzene rings is 3. The fraction of sp³-hybridized carbons (Fsp3) is 0. The maximum absolute atomic E-state index is 8.70. The predicted molar refractivity (Wildman–Crippen MR) is 93.2 cm³/mol. The fourth-order valence-electron chi connectivity index (χ4n) is 2.18. The minimum absolute atomic E-state index is 1.17. The summed E-state index contributed by atoms with van der Waals surface area (Å²) in [6, 6.07) is 31.3. The lowest BCUT2D eigenvalue weighted by Gasteiger charge is -2.25. The van der Waals surface area contributed by atoms with Gasteiger partial charge in [0.25, 0.3) is 0 Å². The van der Waals surface area contributed by atoms with E-state index in [0.29, 0.717) is 0 Å². The molecule has 0 aromatic heterocycles. The molecule has 4 nitrogen and oxygen atoms in total.